The molecule has 3 N–H and O–H groups in total. The normalized spacial score (nSPS) is 11.5. The smallest absolute Gasteiger partial charge is 0.170 e. The summed E-state index contributed by atoms with van der Waals surface area (Å²) in [4.78, 5) is 0. The number of ether oxygens (including phenoxy) is 1. The summed E-state index contributed by atoms with van der Waals surface area (Å²) in [5.74, 6) is -0.315. The van der Waals surface area contributed by atoms with E-state index < -0.39 is 5.82 Å². The Morgan fingerprint density at radius 3 is 2.71 bits per heavy atom. The molecule has 0 fully saturated rings. The fourth-order valence-electron chi connectivity index (χ4n) is 1.69. The SMILES string of the molecule is N/C(=N/O)c1cc(F)cc(COc2cc(Cl)ccc2Cl)c1. The molecule has 0 heterocycles. The standard InChI is InChI=1S/C14H11Cl2FN2O2/c15-10-1-2-12(16)13(6-10)21-7-8-3-9(14(18)19-20)5-11(17)4-8/h1-6,20H,7H2,(H2,18,19). The average molecular weight is 329 g/mol. The first-order valence-electron chi connectivity index (χ1n) is 5.85. The Hall–Kier alpha value is -1.98. The summed E-state index contributed by atoms with van der Waals surface area (Å²) in [6.07, 6.45) is 0. The summed E-state index contributed by atoms with van der Waals surface area (Å²) in [6, 6.07) is 8.80. The van der Waals surface area contributed by atoms with E-state index in [0.29, 0.717) is 21.4 Å². The van der Waals surface area contributed by atoms with Gasteiger partial charge < -0.3 is 15.7 Å². The van der Waals surface area contributed by atoms with Crippen LogP contribution in [0.1, 0.15) is 11.1 Å². The van der Waals surface area contributed by atoms with Gasteiger partial charge in [0, 0.05) is 16.7 Å². The maximum Gasteiger partial charge on any atom is 0.170 e. The molecule has 0 unspecified atom stereocenters. The highest BCUT2D eigenvalue weighted by molar-refractivity contribution is 6.34. The predicted molar refractivity (Wildman–Crippen MR) is 79.7 cm³/mol. The summed E-state index contributed by atoms with van der Waals surface area (Å²) < 4.78 is 19.0. The van der Waals surface area contributed by atoms with Crippen LogP contribution in [0.2, 0.25) is 10.0 Å². The molecule has 21 heavy (non-hydrogen) atoms. The van der Waals surface area contributed by atoms with Crippen LogP contribution < -0.4 is 10.5 Å². The van der Waals surface area contributed by atoms with E-state index in [1.165, 1.54) is 6.07 Å². The number of rotatable bonds is 4. The van der Waals surface area contributed by atoms with Crippen LogP contribution in [0.4, 0.5) is 4.39 Å². The van der Waals surface area contributed by atoms with E-state index in [0.717, 1.165) is 6.07 Å². The Morgan fingerprint density at radius 1 is 1.24 bits per heavy atom. The second-order valence-corrected chi connectivity index (χ2v) is 5.04. The first kappa shape index (κ1) is 15.4. The molecule has 4 nitrogen and oxygen atoms in total. The van der Waals surface area contributed by atoms with Gasteiger partial charge >= 0.3 is 0 Å². The summed E-state index contributed by atoms with van der Waals surface area (Å²) >= 11 is 11.8. The zero-order valence-corrected chi connectivity index (χ0v) is 12.2. The molecule has 0 radical (unpaired) electrons. The highest BCUT2D eigenvalue weighted by atomic mass is 35.5. The minimum absolute atomic E-state index is 0.0591. The molecule has 0 spiro atoms. The van der Waals surface area contributed by atoms with E-state index in [-0.39, 0.29) is 18.0 Å². The minimum Gasteiger partial charge on any atom is -0.487 e. The molecule has 2 rings (SSSR count). The number of halogens is 3. The third-order valence-electron chi connectivity index (χ3n) is 2.65. The van der Waals surface area contributed by atoms with Gasteiger partial charge in [-0.15, -0.1) is 0 Å². The first-order chi connectivity index (χ1) is 9.99. The van der Waals surface area contributed by atoms with E-state index in [1.54, 1.807) is 24.3 Å². The number of amidine groups is 1. The third kappa shape index (κ3) is 4.00. The number of nitrogens with zero attached hydrogens (tertiary/aromatic N) is 1. The van der Waals surface area contributed by atoms with Crippen molar-refractivity contribution in [2.75, 3.05) is 0 Å². The van der Waals surface area contributed by atoms with Gasteiger partial charge in [0.15, 0.2) is 5.84 Å². The topological polar surface area (TPSA) is 67.8 Å². The molecule has 2 aromatic rings. The van der Waals surface area contributed by atoms with Crippen molar-refractivity contribution in [1.29, 1.82) is 0 Å². The molecule has 0 aliphatic heterocycles. The van der Waals surface area contributed by atoms with E-state index >= 15 is 0 Å². The number of benzene rings is 2. The Labute approximate surface area is 130 Å². The van der Waals surface area contributed by atoms with Crippen LogP contribution in [0, 0.1) is 5.82 Å². The van der Waals surface area contributed by atoms with Crippen molar-refractivity contribution in [2.24, 2.45) is 10.9 Å². The molecule has 0 aliphatic carbocycles. The zero-order chi connectivity index (χ0) is 15.4. The van der Waals surface area contributed by atoms with Gasteiger partial charge in [0.2, 0.25) is 0 Å². The molecule has 110 valence electrons. The maximum absolute atomic E-state index is 13.5. The first-order valence-corrected chi connectivity index (χ1v) is 6.60. The second kappa shape index (κ2) is 6.65. The Morgan fingerprint density at radius 2 is 2.00 bits per heavy atom. The zero-order valence-electron chi connectivity index (χ0n) is 10.7. The molecule has 0 saturated carbocycles. The van der Waals surface area contributed by atoms with Crippen LogP contribution in [0.15, 0.2) is 41.6 Å². The van der Waals surface area contributed by atoms with Gasteiger partial charge in [0.25, 0.3) is 0 Å². The van der Waals surface area contributed by atoms with E-state index in [9.17, 15) is 4.39 Å². The summed E-state index contributed by atoms with van der Waals surface area (Å²) in [5, 5.41) is 12.3. The monoisotopic (exact) mass is 328 g/mol. The van der Waals surface area contributed by atoms with Crippen LogP contribution >= 0.6 is 23.2 Å². The highest BCUT2D eigenvalue weighted by Gasteiger charge is 2.07. The van der Waals surface area contributed by atoms with Crippen molar-refractivity contribution in [1.82, 2.24) is 0 Å². The van der Waals surface area contributed by atoms with Crippen LogP contribution in [0.3, 0.4) is 0 Å². The molecule has 0 atom stereocenters. The highest BCUT2D eigenvalue weighted by Crippen LogP contribution is 2.28. The van der Waals surface area contributed by atoms with Crippen LogP contribution in [-0.2, 0) is 6.61 Å². The lowest BCUT2D eigenvalue weighted by Gasteiger charge is -2.10. The van der Waals surface area contributed by atoms with E-state index in [2.05, 4.69) is 5.16 Å². The summed E-state index contributed by atoms with van der Waals surface area (Å²) in [6.45, 7) is 0.0591. The number of hydrogen-bond donors (Lipinski definition) is 2. The lowest BCUT2D eigenvalue weighted by Crippen LogP contribution is -2.14. The number of hydrogen-bond acceptors (Lipinski definition) is 3. The van der Waals surface area contributed by atoms with Crippen molar-refractivity contribution in [3.63, 3.8) is 0 Å². The average Bonchev–Trinajstić information content (AvgIpc) is 2.46. The van der Waals surface area contributed by atoms with Crippen molar-refractivity contribution >= 4 is 29.0 Å². The van der Waals surface area contributed by atoms with Gasteiger partial charge in [0.1, 0.15) is 18.2 Å². The van der Waals surface area contributed by atoms with Crippen molar-refractivity contribution in [3.05, 3.63) is 63.4 Å². The predicted octanol–water partition coefficient (Wildman–Crippen LogP) is 3.81. The fraction of sp³-hybridized carbons (Fsp3) is 0.0714. The third-order valence-corrected chi connectivity index (χ3v) is 3.20. The van der Waals surface area contributed by atoms with Gasteiger partial charge in [-0.2, -0.15) is 0 Å². The Balaban J connectivity index is 2.20. The van der Waals surface area contributed by atoms with Crippen molar-refractivity contribution in [3.8, 4) is 5.75 Å². The molecule has 0 aromatic heterocycles. The number of nitrogens with two attached hydrogens (primary N) is 1. The maximum atomic E-state index is 13.5. The molecular weight excluding hydrogens is 318 g/mol. The van der Waals surface area contributed by atoms with E-state index in [1.807, 2.05) is 0 Å². The van der Waals surface area contributed by atoms with Crippen molar-refractivity contribution in [2.45, 2.75) is 6.61 Å². The quantitative estimate of drug-likeness (QED) is 0.388. The largest absolute Gasteiger partial charge is 0.487 e. The molecule has 7 heteroatoms. The van der Waals surface area contributed by atoms with Gasteiger partial charge in [-0.3, -0.25) is 0 Å². The van der Waals surface area contributed by atoms with Crippen LogP contribution in [-0.4, -0.2) is 11.0 Å². The second-order valence-electron chi connectivity index (χ2n) is 4.20. The van der Waals surface area contributed by atoms with Gasteiger partial charge in [-0.25, -0.2) is 4.39 Å². The number of oxime groups is 1. The Bertz CT molecular complexity index is 693. The van der Waals surface area contributed by atoms with Crippen LogP contribution in [0.5, 0.6) is 5.75 Å². The van der Waals surface area contributed by atoms with Crippen LogP contribution in [0.25, 0.3) is 0 Å². The van der Waals surface area contributed by atoms with Gasteiger partial charge in [0.05, 0.1) is 5.02 Å². The molecule has 0 aliphatic rings. The fourth-order valence-corrected chi connectivity index (χ4v) is 2.02. The lowest BCUT2D eigenvalue weighted by atomic mass is 10.1. The summed E-state index contributed by atoms with van der Waals surface area (Å²) in [5.41, 5.74) is 6.20. The lowest BCUT2D eigenvalue weighted by molar-refractivity contribution is 0.305. The van der Waals surface area contributed by atoms with Crippen molar-refractivity contribution < 1.29 is 14.3 Å². The Kier molecular flexibility index (Phi) is 4.88. The minimum atomic E-state index is -0.519. The van der Waals surface area contributed by atoms with E-state index in [4.69, 9.17) is 38.9 Å². The summed E-state index contributed by atoms with van der Waals surface area (Å²) in [7, 11) is 0. The molecule has 0 amide bonds. The molecule has 2 aromatic carbocycles. The van der Waals surface area contributed by atoms with Gasteiger partial charge in [-0.05, 0) is 35.9 Å². The molecule has 0 bridgehead atoms. The molecule has 0 saturated heterocycles. The van der Waals surface area contributed by atoms with Gasteiger partial charge in [-0.1, -0.05) is 28.4 Å². The molecular formula is C14H11Cl2FN2O2.